The van der Waals surface area contributed by atoms with Crippen LogP contribution in [0.5, 0.6) is 0 Å². The largest absolute Gasteiger partial charge is 0.440 e. The molecule has 0 bridgehead atoms. The summed E-state index contributed by atoms with van der Waals surface area (Å²) in [4.78, 5) is 31.5. The Hall–Kier alpha value is -2.72. The summed E-state index contributed by atoms with van der Waals surface area (Å²) in [6.45, 7) is 0.351. The number of carbonyl (C=O) groups is 2. The zero-order valence-corrected chi connectivity index (χ0v) is 12.4. The maximum atomic E-state index is 12.0. The molecule has 2 aromatic heterocycles. The lowest BCUT2D eigenvalue weighted by Gasteiger charge is -2.17. The van der Waals surface area contributed by atoms with Crippen molar-refractivity contribution >= 4 is 12.2 Å². The second-order valence-corrected chi connectivity index (χ2v) is 5.38. The Kier molecular flexibility index (Phi) is 3.75. The van der Waals surface area contributed by atoms with E-state index in [1.165, 1.54) is 46.6 Å². The van der Waals surface area contributed by atoms with E-state index in [0.717, 1.165) is 0 Å². The SMILES string of the molecule is O=C(OC1COC2C(OC(=O)n3ccnc3)COC12)n1ccnc1. The quantitative estimate of drug-likeness (QED) is 0.771. The number of aromatic nitrogens is 4. The molecule has 126 valence electrons. The van der Waals surface area contributed by atoms with Crippen molar-refractivity contribution in [1.82, 2.24) is 19.1 Å². The minimum atomic E-state index is -0.568. The van der Waals surface area contributed by atoms with Gasteiger partial charge in [0.15, 0.2) is 12.2 Å². The van der Waals surface area contributed by atoms with Gasteiger partial charge in [0.05, 0.1) is 13.2 Å². The fraction of sp³-hybridized carbons (Fsp3) is 0.429. The highest BCUT2D eigenvalue weighted by atomic mass is 16.7. The number of hydrogen-bond donors (Lipinski definition) is 0. The van der Waals surface area contributed by atoms with Crippen LogP contribution in [-0.4, -0.2) is 68.9 Å². The van der Waals surface area contributed by atoms with Gasteiger partial charge < -0.3 is 18.9 Å². The fourth-order valence-electron chi connectivity index (χ4n) is 2.75. The van der Waals surface area contributed by atoms with Crippen LogP contribution in [0, 0.1) is 0 Å². The van der Waals surface area contributed by atoms with Crippen LogP contribution in [0.4, 0.5) is 9.59 Å². The summed E-state index contributed by atoms with van der Waals surface area (Å²) in [5.41, 5.74) is 0. The third kappa shape index (κ3) is 2.65. The van der Waals surface area contributed by atoms with Crippen LogP contribution in [0.3, 0.4) is 0 Å². The predicted octanol–water partition coefficient (Wildman–Crippen LogP) is 0.284. The van der Waals surface area contributed by atoms with Crippen LogP contribution in [0.2, 0.25) is 0 Å². The van der Waals surface area contributed by atoms with E-state index in [4.69, 9.17) is 18.9 Å². The van der Waals surface area contributed by atoms with Crippen molar-refractivity contribution in [3.63, 3.8) is 0 Å². The average molecular weight is 334 g/mol. The van der Waals surface area contributed by atoms with Crippen molar-refractivity contribution in [2.24, 2.45) is 0 Å². The third-order valence-electron chi connectivity index (χ3n) is 3.90. The highest BCUT2D eigenvalue weighted by Crippen LogP contribution is 2.31. The second kappa shape index (κ2) is 6.06. The highest BCUT2D eigenvalue weighted by Gasteiger charge is 2.51. The molecule has 2 fully saturated rings. The highest BCUT2D eigenvalue weighted by molar-refractivity contribution is 5.71. The lowest BCUT2D eigenvalue weighted by Crippen LogP contribution is -2.36. The van der Waals surface area contributed by atoms with Crippen LogP contribution in [0.15, 0.2) is 37.4 Å². The van der Waals surface area contributed by atoms with Crippen molar-refractivity contribution in [2.45, 2.75) is 24.4 Å². The molecular weight excluding hydrogens is 320 g/mol. The summed E-state index contributed by atoms with van der Waals surface area (Å²) in [6, 6.07) is 0. The molecule has 0 N–H and O–H groups in total. The van der Waals surface area contributed by atoms with Crippen LogP contribution < -0.4 is 0 Å². The van der Waals surface area contributed by atoms with Crippen LogP contribution in [-0.2, 0) is 18.9 Å². The Bertz CT molecular complexity index is 653. The van der Waals surface area contributed by atoms with E-state index in [9.17, 15) is 9.59 Å². The minimum absolute atomic E-state index is 0.175. The number of carbonyl (C=O) groups excluding carboxylic acids is 2. The normalized spacial score (nSPS) is 28.5. The van der Waals surface area contributed by atoms with Gasteiger partial charge in [-0.1, -0.05) is 0 Å². The van der Waals surface area contributed by atoms with Crippen molar-refractivity contribution < 1.29 is 28.5 Å². The van der Waals surface area contributed by atoms with Gasteiger partial charge in [0.1, 0.15) is 24.9 Å². The first-order valence-corrected chi connectivity index (χ1v) is 7.33. The summed E-state index contributed by atoms with van der Waals surface area (Å²) < 4.78 is 24.4. The van der Waals surface area contributed by atoms with Gasteiger partial charge >= 0.3 is 12.2 Å². The molecule has 10 heteroatoms. The summed E-state index contributed by atoms with van der Waals surface area (Å²) in [6.07, 6.45) is 5.41. The molecule has 0 aliphatic carbocycles. The van der Waals surface area contributed by atoms with Gasteiger partial charge in [-0.15, -0.1) is 0 Å². The molecule has 24 heavy (non-hydrogen) atoms. The summed E-state index contributed by atoms with van der Waals surface area (Å²) in [7, 11) is 0. The predicted molar refractivity (Wildman–Crippen MR) is 75.3 cm³/mol. The molecule has 2 aromatic rings. The molecule has 4 rings (SSSR count). The van der Waals surface area contributed by atoms with Crippen molar-refractivity contribution in [2.75, 3.05) is 13.2 Å². The van der Waals surface area contributed by atoms with E-state index in [2.05, 4.69) is 9.97 Å². The molecule has 10 nitrogen and oxygen atoms in total. The van der Waals surface area contributed by atoms with Gasteiger partial charge in [-0.25, -0.2) is 28.7 Å². The lowest BCUT2D eigenvalue weighted by molar-refractivity contribution is -0.0115. The maximum absolute atomic E-state index is 12.0. The van der Waals surface area contributed by atoms with Crippen molar-refractivity contribution in [3.8, 4) is 0 Å². The number of fused-ring (bicyclic) bond motifs is 1. The molecule has 2 aliphatic rings. The van der Waals surface area contributed by atoms with E-state index in [-0.39, 0.29) is 13.2 Å². The molecule has 2 aliphatic heterocycles. The van der Waals surface area contributed by atoms with Crippen LogP contribution in [0.25, 0.3) is 0 Å². The van der Waals surface area contributed by atoms with Gasteiger partial charge in [-0.3, -0.25) is 0 Å². The van der Waals surface area contributed by atoms with Gasteiger partial charge in [0.25, 0.3) is 0 Å². The van der Waals surface area contributed by atoms with Gasteiger partial charge in [-0.05, 0) is 0 Å². The Balaban J connectivity index is 1.37. The number of rotatable bonds is 2. The van der Waals surface area contributed by atoms with Crippen molar-refractivity contribution in [1.29, 1.82) is 0 Å². The fourth-order valence-corrected chi connectivity index (χ4v) is 2.75. The molecule has 0 radical (unpaired) electrons. The third-order valence-corrected chi connectivity index (χ3v) is 3.90. The molecule has 0 spiro atoms. The Morgan fingerprint density at radius 2 is 1.33 bits per heavy atom. The number of ether oxygens (including phenoxy) is 4. The van der Waals surface area contributed by atoms with Gasteiger partial charge in [-0.2, -0.15) is 0 Å². The molecule has 0 aromatic carbocycles. The Labute approximate surface area is 135 Å². The van der Waals surface area contributed by atoms with Crippen LogP contribution in [0.1, 0.15) is 0 Å². The zero-order chi connectivity index (χ0) is 16.5. The van der Waals surface area contributed by atoms with E-state index in [1.54, 1.807) is 0 Å². The molecule has 0 saturated carbocycles. The minimum Gasteiger partial charge on any atom is -0.440 e. The summed E-state index contributed by atoms with van der Waals surface area (Å²) >= 11 is 0. The number of hydrogen-bond acceptors (Lipinski definition) is 8. The number of nitrogens with zero attached hydrogens (tertiary/aromatic N) is 4. The lowest BCUT2D eigenvalue weighted by atomic mass is 10.1. The van der Waals surface area contributed by atoms with E-state index >= 15 is 0 Å². The van der Waals surface area contributed by atoms with E-state index < -0.39 is 36.6 Å². The summed E-state index contributed by atoms with van der Waals surface area (Å²) in [5.74, 6) is 0. The molecule has 4 unspecified atom stereocenters. The number of imidazole rings is 2. The smallest absolute Gasteiger partial charge is 0.419 e. The van der Waals surface area contributed by atoms with Gasteiger partial charge in [0.2, 0.25) is 0 Å². The standard InChI is InChI=1S/C14H14N4O6/c19-13(17-3-1-15-7-17)23-9-5-21-12-10(6-22-11(9)12)24-14(20)18-4-2-16-8-18/h1-4,7-12H,5-6H2. The van der Waals surface area contributed by atoms with E-state index in [0.29, 0.717) is 0 Å². The topological polar surface area (TPSA) is 107 Å². The average Bonchev–Trinajstić information content (AvgIpc) is 3.36. The van der Waals surface area contributed by atoms with Gasteiger partial charge in [0, 0.05) is 24.8 Å². The molecule has 0 amide bonds. The second-order valence-electron chi connectivity index (χ2n) is 5.38. The molecular formula is C14H14N4O6. The molecule has 2 saturated heterocycles. The molecule has 4 atom stereocenters. The Morgan fingerprint density at radius 1 is 0.875 bits per heavy atom. The van der Waals surface area contributed by atoms with Crippen molar-refractivity contribution in [3.05, 3.63) is 37.4 Å². The monoisotopic (exact) mass is 334 g/mol. The first kappa shape index (κ1) is 14.8. The summed E-state index contributed by atoms with van der Waals surface area (Å²) in [5, 5.41) is 0. The van der Waals surface area contributed by atoms with E-state index in [1.807, 2.05) is 0 Å². The zero-order valence-electron chi connectivity index (χ0n) is 12.4. The maximum Gasteiger partial charge on any atom is 0.419 e. The van der Waals surface area contributed by atoms with Crippen LogP contribution >= 0.6 is 0 Å². The first-order chi connectivity index (χ1) is 11.7. The Morgan fingerprint density at radius 3 is 1.71 bits per heavy atom. The molecule has 4 heterocycles. The first-order valence-electron chi connectivity index (χ1n) is 7.33.